The standard InChI is InChI=1S/C40H56O3/c1-28(17-13-18-30(3)21-22-35-32(5)23-33(41)25-38(35,6)7)15-11-12-16-29(2)19-14-20-31(4)36-24-37-39(8,9)26-34(42)27-40(37,10)43-36/h11-24,33-36,41-42H,25-27H2,1-10H3/b12-11+,17-13+,19-14+,22-21+,28-15+,29-16+,30-18+,31-20+/t33-,34+,35+,36+,40-/m1/s1. The summed E-state index contributed by atoms with van der Waals surface area (Å²) in [7, 11) is 0. The van der Waals surface area contributed by atoms with E-state index in [1.54, 1.807) is 0 Å². The summed E-state index contributed by atoms with van der Waals surface area (Å²) in [6, 6.07) is 0. The van der Waals surface area contributed by atoms with E-state index >= 15 is 0 Å². The summed E-state index contributed by atoms with van der Waals surface area (Å²) in [6.07, 6.45) is 31.3. The minimum atomic E-state index is -0.382. The number of aliphatic hydroxyl groups excluding tert-OH is 2. The molecule has 1 saturated carbocycles. The Labute approximate surface area is 262 Å². The van der Waals surface area contributed by atoms with Crippen LogP contribution in [0.1, 0.15) is 88.5 Å². The Bertz CT molecular complexity index is 1320. The zero-order valence-corrected chi connectivity index (χ0v) is 28.3. The first kappa shape index (κ1) is 34.8. The highest BCUT2D eigenvalue weighted by atomic mass is 16.5. The number of ether oxygens (including phenoxy) is 1. The lowest BCUT2D eigenvalue weighted by Gasteiger charge is -2.44. The first-order valence-electron chi connectivity index (χ1n) is 15.9. The second kappa shape index (κ2) is 14.4. The van der Waals surface area contributed by atoms with Crippen LogP contribution in [0.15, 0.2) is 119 Å². The van der Waals surface area contributed by atoms with E-state index in [-0.39, 0.29) is 34.7 Å². The molecule has 3 aliphatic rings. The molecule has 0 saturated heterocycles. The van der Waals surface area contributed by atoms with Crippen LogP contribution in [0.25, 0.3) is 0 Å². The Hall–Kier alpha value is -2.72. The molecule has 3 nitrogen and oxygen atoms in total. The molecular weight excluding hydrogens is 528 g/mol. The molecule has 234 valence electrons. The van der Waals surface area contributed by atoms with Crippen molar-refractivity contribution >= 4 is 0 Å². The van der Waals surface area contributed by atoms with Crippen molar-refractivity contribution in [2.45, 2.75) is 112 Å². The average molecular weight is 585 g/mol. The Morgan fingerprint density at radius 2 is 1.30 bits per heavy atom. The van der Waals surface area contributed by atoms with Crippen LogP contribution < -0.4 is 0 Å². The maximum atomic E-state index is 10.4. The summed E-state index contributed by atoms with van der Waals surface area (Å²) in [5.41, 5.74) is 6.92. The smallest absolute Gasteiger partial charge is 0.0982 e. The highest BCUT2D eigenvalue weighted by Gasteiger charge is 2.50. The molecule has 0 bridgehead atoms. The van der Waals surface area contributed by atoms with Crippen molar-refractivity contribution in [2.75, 3.05) is 0 Å². The van der Waals surface area contributed by atoms with Gasteiger partial charge in [-0.2, -0.15) is 0 Å². The van der Waals surface area contributed by atoms with Crippen molar-refractivity contribution in [3.63, 3.8) is 0 Å². The zero-order valence-electron chi connectivity index (χ0n) is 28.3. The van der Waals surface area contributed by atoms with Crippen LogP contribution in [0.2, 0.25) is 0 Å². The molecule has 1 heterocycles. The maximum Gasteiger partial charge on any atom is 0.0982 e. The molecule has 3 rings (SSSR count). The molecule has 43 heavy (non-hydrogen) atoms. The summed E-state index contributed by atoms with van der Waals surface area (Å²) in [5, 5.41) is 20.5. The van der Waals surface area contributed by atoms with Crippen LogP contribution in [0.3, 0.4) is 0 Å². The van der Waals surface area contributed by atoms with Gasteiger partial charge in [0.1, 0.15) is 0 Å². The molecule has 5 atom stereocenters. The number of allylic oxidation sites excluding steroid dienone is 16. The number of rotatable bonds is 9. The number of hydrogen-bond donors (Lipinski definition) is 2. The Morgan fingerprint density at radius 3 is 1.91 bits per heavy atom. The first-order valence-corrected chi connectivity index (χ1v) is 15.9. The molecule has 0 unspecified atom stereocenters. The third-order valence-electron chi connectivity index (χ3n) is 9.16. The van der Waals surface area contributed by atoms with E-state index in [2.05, 4.69) is 148 Å². The summed E-state index contributed by atoms with van der Waals surface area (Å²) in [5.74, 6) is 0.344. The van der Waals surface area contributed by atoms with Gasteiger partial charge in [-0.1, -0.05) is 129 Å². The van der Waals surface area contributed by atoms with E-state index in [1.807, 2.05) is 6.08 Å². The largest absolute Gasteiger partial charge is 0.393 e. The van der Waals surface area contributed by atoms with Gasteiger partial charge in [-0.25, -0.2) is 0 Å². The van der Waals surface area contributed by atoms with Gasteiger partial charge in [0.25, 0.3) is 0 Å². The van der Waals surface area contributed by atoms with Gasteiger partial charge >= 0.3 is 0 Å². The van der Waals surface area contributed by atoms with Gasteiger partial charge in [0.05, 0.1) is 23.9 Å². The van der Waals surface area contributed by atoms with Crippen LogP contribution in [0.4, 0.5) is 0 Å². The van der Waals surface area contributed by atoms with E-state index in [1.165, 1.54) is 33.4 Å². The maximum absolute atomic E-state index is 10.4. The molecule has 2 aliphatic carbocycles. The van der Waals surface area contributed by atoms with Gasteiger partial charge in [0.2, 0.25) is 0 Å². The van der Waals surface area contributed by atoms with E-state index in [0.29, 0.717) is 12.3 Å². The summed E-state index contributed by atoms with van der Waals surface area (Å²) < 4.78 is 6.46. The lowest BCUT2D eigenvalue weighted by atomic mass is 9.65. The second-order valence-corrected chi connectivity index (χ2v) is 14.5. The van der Waals surface area contributed by atoms with Crippen molar-refractivity contribution in [1.29, 1.82) is 0 Å². The van der Waals surface area contributed by atoms with E-state index in [9.17, 15) is 10.2 Å². The Balaban J connectivity index is 1.52. The van der Waals surface area contributed by atoms with Crippen molar-refractivity contribution in [2.24, 2.45) is 16.7 Å². The molecule has 1 fully saturated rings. The van der Waals surface area contributed by atoms with Gasteiger partial charge in [0, 0.05) is 12.3 Å². The number of hydrogen-bond acceptors (Lipinski definition) is 3. The Kier molecular flexibility index (Phi) is 11.6. The van der Waals surface area contributed by atoms with E-state index < -0.39 is 0 Å². The van der Waals surface area contributed by atoms with Crippen LogP contribution in [-0.2, 0) is 4.74 Å². The van der Waals surface area contributed by atoms with Crippen molar-refractivity contribution in [3.8, 4) is 0 Å². The van der Waals surface area contributed by atoms with E-state index in [4.69, 9.17) is 4.74 Å². The molecular formula is C40H56O3. The quantitative estimate of drug-likeness (QED) is 0.210. The average Bonchev–Trinajstić information content (AvgIpc) is 3.23. The first-order chi connectivity index (χ1) is 20.0. The molecule has 3 heteroatoms. The molecule has 0 spiro atoms. The van der Waals surface area contributed by atoms with Gasteiger partial charge in [-0.15, -0.1) is 0 Å². The minimum Gasteiger partial charge on any atom is -0.393 e. The lowest BCUT2D eigenvalue weighted by molar-refractivity contribution is -0.0683. The van der Waals surface area contributed by atoms with Gasteiger partial charge < -0.3 is 14.9 Å². The molecule has 1 aliphatic heterocycles. The fourth-order valence-electron chi connectivity index (χ4n) is 7.04. The van der Waals surface area contributed by atoms with Crippen molar-refractivity contribution in [1.82, 2.24) is 0 Å². The van der Waals surface area contributed by atoms with E-state index in [0.717, 1.165) is 12.8 Å². The van der Waals surface area contributed by atoms with Crippen LogP contribution in [0, 0.1) is 16.7 Å². The lowest BCUT2D eigenvalue weighted by Crippen LogP contribution is -2.45. The van der Waals surface area contributed by atoms with Crippen LogP contribution in [-0.4, -0.2) is 34.1 Å². The molecule has 0 amide bonds. The van der Waals surface area contributed by atoms with Crippen LogP contribution >= 0.6 is 0 Å². The van der Waals surface area contributed by atoms with Gasteiger partial charge in [-0.3, -0.25) is 0 Å². The second-order valence-electron chi connectivity index (χ2n) is 14.5. The fourth-order valence-corrected chi connectivity index (χ4v) is 7.04. The van der Waals surface area contributed by atoms with Crippen molar-refractivity contribution in [3.05, 3.63) is 119 Å². The van der Waals surface area contributed by atoms with Crippen LogP contribution in [0.5, 0.6) is 0 Å². The Morgan fingerprint density at radius 1 is 0.744 bits per heavy atom. The third kappa shape index (κ3) is 9.63. The molecule has 0 aromatic heterocycles. The number of aliphatic hydroxyl groups is 2. The predicted molar refractivity (Wildman–Crippen MR) is 184 cm³/mol. The van der Waals surface area contributed by atoms with Crippen molar-refractivity contribution < 1.29 is 14.9 Å². The molecule has 0 radical (unpaired) electrons. The normalized spacial score (nSPS) is 32.3. The fraction of sp³-hybridized carbons (Fsp3) is 0.500. The predicted octanol–water partition coefficient (Wildman–Crippen LogP) is 9.61. The summed E-state index contributed by atoms with van der Waals surface area (Å²) in [4.78, 5) is 0. The zero-order chi connectivity index (χ0) is 32.0. The number of fused-ring (bicyclic) bond motifs is 1. The minimum absolute atomic E-state index is 0.0467. The van der Waals surface area contributed by atoms with Gasteiger partial charge in [0.15, 0.2) is 0 Å². The third-order valence-corrected chi connectivity index (χ3v) is 9.16. The highest BCUT2D eigenvalue weighted by Crippen LogP contribution is 2.52. The molecule has 0 aromatic rings. The monoisotopic (exact) mass is 584 g/mol. The highest BCUT2D eigenvalue weighted by molar-refractivity contribution is 5.37. The topological polar surface area (TPSA) is 49.7 Å². The summed E-state index contributed by atoms with van der Waals surface area (Å²) in [6.45, 7) is 21.6. The summed E-state index contributed by atoms with van der Waals surface area (Å²) >= 11 is 0. The SMILES string of the molecule is CC1=C[C@@H](O)CC(C)(C)[C@H]1/C=C/C(C)=C/C=C/C(C)=C/C=C/C=C(C)/C=C/C=C(\C)[C@@H]1C=C2C(C)(C)C[C@H](O)C[C@@]2(C)O1. The molecule has 0 aromatic carbocycles. The molecule has 2 N–H and O–H groups in total. The van der Waals surface area contributed by atoms with Gasteiger partial charge in [-0.05, 0) is 82.4 Å².